The van der Waals surface area contributed by atoms with E-state index in [0.717, 1.165) is 11.1 Å². The van der Waals surface area contributed by atoms with Crippen LogP contribution in [0.3, 0.4) is 0 Å². The minimum absolute atomic E-state index is 0.223. The summed E-state index contributed by atoms with van der Waals surface area (Å²) in [6.45, 7) is 3.50. The van der Waals surface area contributed by atoms with E-state index in [1.807, 2.05) is 13.0 Å². The van der Waals surface area contributed by atoms with E-state index in [1.54, 1.807) is 19.3 Å². The molecule has 5 heteroatoms. The van der Waals surface area contributed by atoms with Gasteiger partial charge in [-0.25, -0.2) is 0 Å². The zero-order valence-corrected chi connectivity index (χ0v) is 8.51. The molecule has 0 spiro atoms. The summed E-state index contributed by atoms with van der Waals surface area (Å²) < 4.78 is 4.90. The highest BCUT2D eigenvalue weighted by Gasteiger charge is 2.13. The SMILES string of the molecule is Cc1cnccc1-c1noc(C(C)O)n1. The van der Waals surface area contributed by atoms with Crippen molar-refractivity contribution in [3.8, 4) is 11.4 Å². The molecule has 1 N–H and O–H groups in total. The van der Waals surface area contributed by atoms with Crippen LogP contribution >= 0.6 is 0 Å². The number of rotatable bonds is 2. The molecule has 0 fully saturated rings. The number of hydrogen-bond acceptors (Lipinski definition) is 5. The van der Waals surface area contributed by atoms with Crippen LogP contribution in [0.1, 0.15) is 24.5 Å². The highest BCUT2D eigenvalue weighted by Crippen LogP contribution is 2.20. The second-order valence-electron chi connectivity index (χ2n) is 3.32. The van der Waals surface area contributed by atoms with E-state index in [2.05, 4.69) is 15.1 Å². The number of hydrogen-bond donors (Lipinski definition) is 1. The van der Waals surface area contributed by atoms with E-state index in [9.17, 15) is 5.11 Å². The third kappa shape index (κ3) is 1.87. The molecule has 0 aliphatic heterocycles. The van der Waals surface area contributed by atoms with Gasteiger partial charge in [-0.15, -0.1) is 0 Å². The molecule has 1 unspecified atom stereocenters. The molecule has 0 radical (unpaired) electrons. The summed E-state index contributed by atoms with van der Waals surface area (Å²) in [5, 5.41) is 13.0. The third-order valence-corrected chi connectivity index (χ3v) is 2.06. The lowest BCUT2D eigenvalue weighted by Gasteiger charge is -1.97. The maximum Gasteiger partial charge on any atom is 0.255 e. The summed E-state index contributed by atoms with van der Waals surface area (Å²) in [5.74, 6) is 0.701. The molecule has 0 saturated heterocycles. The first-order valence-corrected chi connectivity index (χ1v) is 4.61. The summed E-state index contributed by atoms with van der Waals surface area (Å²) in [5.41, 5.74) is 1.83. The summed E-state index contributed by atoms with van der Waals surface area (Å²) in [7, 11) is 0. The predicted molar refractivity (Wildman–Crippen MR) is 52.9 cm³/mol. The summed E-state index contributed by atoms with van der Waals surface area (Å²) in [6.07, 6.45) is 2.66. The van der Waals surface area contributed by atoms with Crippen molar-refractivity contribution in [3.63, 3.8) is 0 Å². The van der Waals surface area contributed by atoms with E-state index in [4.69, 9.17) is 4.52 Å². The fourth-order valence-electron chi connectivity index (χ4n) is 1.24. The molecule has 0 bridgehead atoms. The first-order valence-electron chi connectivity index (χ1n) is 4.61. The normalized spacial score (nSPS) is 12.7. The molecule has 15 heavy (non-hydrogen) atoms. The van der Waals surface area contributed by atoms with Crippen LogP contribution in [-0.4, -0.2) is 20.2 Å². The Morgan fingerprint density at radius 3 is 2.87 bits per heavy atom. The molecule has 5 nitrogen and oxygen atoms in total. The second kappa shape index (κ2) is 3.78. The molecule has 0 aromatic carbocycles. The highest BCUT2D eigenvalue weighted by atomic mass is 16.5. The monoisotopic (exact) mass is 205 g/mol. The fraction of sp³-hybridized carbons (Fsp3) is 0.300. The largest absolute Gasteiger partial charge is 0.384 e. The van der Waals surface area contributed by atoms with Crippen LogP contribution in [0.4, 0.5) is 0 Å². The Bertz CT molecular complexity index is 465. The van der Waals surface area contributed by atoms with Crippen LogP contribution in [0.25, 0.3) is 11.4 Å². The van der Waals surface area contributed by atoms with Crippen molar-refractivity contribution in [1.82, 2.24) is 15.1 Å². The van der Waals surface area contributed by atoms with Gasteiger partial charge in [0.1, 0.15) is 6.10 Å². The van der Waals surface area contributed by atoms with Crippen molar-refractivity contribution in [2.45, 2.75) is 20.0 Å². The topological polar surface area (TPSA) is 72.0 Å². The number of nitrogens with zero attached hydrogens (tertiary/aromatic N) is 3. The van der Waals surface area contributed by atoms with Crippen molar-refractivity contribution >= 4 is 0 Å². The molecule has 1 atom stereocenters. The lowest BCUT2D eigenvalue weighted by atomic mass is 10.1. The fourth-order valence-corrected chi connectivity index (χ4v) is 1.24. The van der Waals surface area contributed by atoms with Gasteiger partial charge in [0.15, 0.2) is 0 Å². The Morgan fingerprint density at radius 1 is 1.47 bits per heavy atom. The standard InChI is InChI=1S/C10H11N3O2/c1-6-5-11-4-3-8(6)9-12-10(7(2)14)15-13-9/h3-5,7,14H,1-2H3. The van der Waals surface area contributed by atoms with E-state index in [1.165, 1.54) is 0 Å². The molecule has 2 aromatic rings. The maximum absolute atomic E-state index is 9.24. The van der Waals surface area contributed by atoms with Gasteiger partial charge in [-0.2, -0.15) is 4.98 Å². The van der Waals surface area contributed by atoms with Gasteiger partial charge in [0.25, 0.3) is 5.89 Å². The van der Waals surface area contributed by atoms with Gasteiger partial charge in [0.2, 0.25) is 5.82 Å². The van der Waals surface area contributed by atoms with Crippen LogP contribution in [-0.2, 0) is 0 Å². The molecule has 78 valence electrons. The van der Waals surface area contributed by atoms with Gasteiger partial charge < -0.3 is 9.63 Å². The van der Waals surface area contributed by atoms with Crippen LogP contribution in [0.15, 0.2) is 23.0 Å². The maximum atomic E-state index is 9.24. The van der Waals surface area contributed by atoms with Crippen molar-refractivity contribution in [3.05, 3.63) is 29.9 Å². The zero-order valence-electron chi connectivity index (χ0n) is 8.51. The molecule has 2 heterocycles. The first-order chi connectivity index (χ1) is 7.18. The molecule has 2 aromatic heterocycles. The Labute approximate surface area is 86.8 Å². The Balaban J connectivity index is 2.42. The number of aromatic nitrogens is 3. The summed E-state index contributed by atoms with van der Waals surface area (Å²) >= 11 is 0. The predicted octanol–water partition coefficient (Wildman–Crippen LogP) is 1.49. The minimum Gasteiger partial charge on any atom is -0.384 e. The second-order valence-corrected chi connectivity index (χ2v) is 3.32. The molecule has 0 aliphatic rings. The number of pyridine rings is 1. The molecule has 2 rings (SSSR count). The number of aliphatic hydroxyl groups excluding tert-OH is 1. The van der Waals surface area contributed by atoms with E-state index in [-0.39, 0.29) is 5.89 Å². The van der Waals surface area contributed by atoms with Gasteiger partial charge in [0, 0.05) is 18.0 Å². The van der Waals surface area contributed by atoms with Crippen molar-refractivity contribution in [1.29, 1.82) is 0 Å². The average Bonchev–Trinajstić information content (AvgIpc) is 2.67. The van der Waals surface area contributed by atoms with E-state index >= 15 is 0 Å². The lowest BCUT2D eigenvalue weighted by molar-refractivity contribution is 0.152. The van der Waals surface area contributed by atoms with Gasteiger partial charge in [-0.3, -0.25) is 4.98 Å². The first kappa shape index (κ1) is 9.79. The highest BCUT2D eigenvalue weighted by molar-refractivity contribution is 5.57. The Hall–Kier alpha value is -1.75. The summed E-state index contributed by atoms with van der Waals surface area (Å²) in [4.78, 5) is 8.06. The van der Waals surface area contributed by atoms with Crippen LogP contribution in [0.5, 0.6) is 0 Å². The number of aryl methyl sites for hydroxylation is 1. The smallest absolute Gasteiger partial charge is 0.255 e. The van der Waals surface area contributed by atoms with Gasteiger partial charge in [-0.1, -0.05) is 5.16 Å². The molecule has 0 aliphatic carbocycles. The van der Waals surface area contributed by atoms with Crippen LogP contribution in [0, 0.1) is 6.92 Å². The van der Waals surface area contributed by atoms with E-state index in [0.29, 0.717) is 5.82 Å². The molecule has 0 saturated carbocycles. The summed E-state index contributed by atoms with van der Waals surface area (Å²) in [6, 6.07) is 1.81. The Morgan fingerprint density at radius 2 is 2.27 bits per heavy atom. The zero-order chi connectivity index (χ0) is 10.8. The van der Waals surface area contributed by atoms with Gasteiger partial charge in [0.05, 0.1) is 0 Å². The number of aliphatic hydroxyl groups is 1. The molecular formula is C10H11N3O2. The minimum atomic E-state index is -0.742. The Kier molecular flexibility index (Phi) is 2.47. The van der Waals surface area contributed by atoms with Crippen LogP contribution < -0.4 is 0 Å². The molecule has 0 amide bonds. The van der Waals surface area contributed by atoms with E-state index < -0.39 is 6.10 Å². The van der Waals surface area contributed by atoms with Crippen molar-refractivity contribution in [2.75, 3.05) is 0 Å². The third-order valence-electron chi connectivity index (χ3n) is 2.06. The lowest BCUT2D eigenvalue weighted by Crippen LogP contribution is -1.91. The molecular weight excluding hydrogens is 194 g/mol. The van der Waals surface area contributed by atoms with Crippen LogP contribution in [0.2, 0.25) is 0 Å². The quantitative estimate of drug-likeness (QED) is 0.804. The van der Waals surface area contributed by atoms with Gasteiger partial charge >= 0.3 is 0 Å². The van der Waals surface area contributed by atoms with Crippen molar-refractivity contribution in [2.24, 2.45) is 0 Å². The van der Waals surface area contributed by atoms with Gasteiger partial charge in [-0.05, 0) is 25.5 Å². The van der Waals surface area contributed by atoms with Crippen molar-refractivity contribution < 1.29 is 9.63 Å². The average molecular weight is 205 g/mol.